The van der Waals surface area contributed by atoms with Crippen molar-refractivity contribution < 1.29 is 24.2 Å². The number of hydrogen-bond donors (Lipinski definition) is 1. The van der Waals surface area contributed by atoms with E-state index in [4.69, 9.17) is 21.1 Å². The summed E-state index contributed by atoms with van der Waals surface area (Å²) in [5.74, 6) is -0.911. The second kappa shape index (κ2) is 9.78. The zero-order chi connectivity index (χ0) is 21.7. The summed E-state index contributed by atoms with van der Waals surface area (Å²) in [4.78, 5) is 27.1. The summed E-state index contributed by atoms with van der Waals surface area (Å²) >= 11 is 6.01. The Kier molecular flexibility index (Phi) is 7.13. The zero-order valence-corrected chi connectivity index (χ0v) is 17.7. The molecule has 1 amide bonds. The largest absolute Gasteiger partial charge is 0.507 e. The molecule has 30 heavy (non-hydrogen) atoms. The van der Waals surface area contributed by atoms with Crippen molar-refractivity contribution in [2.45, 2.75) is 19.4 Å². The number of likely N-dealkylation sites (tertiary alicyclic amines) is 1. The van der Waals surface area contributed by atoms with Crippen LogP contribution in [-0.2, 0) is 14.3 Å². The third-order valence-corrected chi connectivity index (χ3v) is 5.16. The number of carbonyl (C=O) groups excluding carboxylic acids is 2. The lowest BCUT2D eigenvalue weighted by molar-refractivity contribution is -0.140. The van der Waals surface area contributed by atoms with Crippen molar-refractivity contribution in [1.82, 2.24) is 4.90 Å². The van der Waals surface area contributed by atoms with Gasteiger partial charge in [0.1, 0.15) is 11.5 Å². The van der Waals surface area contributed by atoms with E-state index in [1.165, 1.54) is 4.90 Å². The van der Waals surface area contributed by atoms with Gasteiger partial charge in [-0.15, -0.1) is 0 Å². The number of hydrogen-bond acceptors (Lipinski definition) is 5. The van der Waals surface area contributed by atoms with Crippen LogP contribution in [0.15, 0.2) is 54.1 Å². The lowest BCUT2D eigenvalue weighted by Crippen LogP contribution is -2.31. The van der Waals surface area contributed by atoms with Crippen LogP contribution in [-0.4, -0.2) is 48.6 Å². The highest BCUT2D eigenvalue weighted by molar-refractivity contribution is 6.46. The lowest BCUT2D eigenvalue weighted by Gasteiger charge is -2.25. The molecule has 1 saturated heterocycles. The molecule has 0 aliphatic carbocycles. The molecule has 1 N–H and O–H groups in total. The van der Waals surface area contributed by atoms with Crippen molar-refractivity contribution in [2.24, 2.45) is 0 Å². The average Bonchev–Trinajstić information content (AvgIpc) is 3.00. The maximum Gasteiger partial charge on any atom is 0.295 e. The van der Waals surface area contributed by atoms with Crippen LogP contribution < -0.4 is 4.74 Å². The quantitative estimate of drug-likeness (QED) is 0.294. The van der Waals surface area contributed by atoms with Crippen LogP contribution in [0.4, 0.5) is 0 Å². The normalized spacial score (nSPS) is 18.1. The number of nitrogens with zero attached hydrogens (tertiary/aromatic N) is 1. The number of carbonyl (C=O) groups is 2. The Hall–Kier alpha value is -2.83. The number of aliphatic hydroxyl groups is 1. The fraction of sp³-hybridized carbons (Fsp3) is 0.304. The summed E-state index contributed by atoms with van der Waals surface area (Å²) in [6.45, 7) is 3.18. The first-order valence-electron chi connectivity index (χ1n) is 9.74. The molecular weight excluding hydrogens is 406 g/mol. The summed E-state index contributed by atoms with van der Waals surface area (Å²) in [7, 11) is 1.58. The number of amides is 1. The van der Waals surface area contributed by atoms with Gasteiger partial charge in [-0.2, -0.15) is 0 Å². The molecule has 3 rings (SSSR count). The second-order valence-corrected chi connectivity index (χ2v) is 7.28. The van der Waals surface area contributed by atoms with Gasteiger partial charge in [0.25, 0.3) is 11.7 Å². The highest BCUT2D eigenvalue weighted by atomic mass is 35.5. The number of halogens is 1. The van der Waals surface area contributed by atoms with Crippen LogP contribution in [0.5, 0.6) is 5.75 Å². The van der Waals surface area contributed by atoms with Crippen LogP contribution in [0, 0.1) is 0 Å². The van der Waals surface area contributed by atoms with Crippen molar-refractivity contribution in [3.63, 3.8) is 0 Å². The molecule has 158 valence electrons. The monoisotopic (exact) mass is 429 g/mol. The van der Waals surface area contributed by atoms with Gasteiger partial charge in [-0.1, -0.05) is 23.7 Å². The fourth-order valence-corrected chi connectivity index (χ4v) is 3.64. The van der Waals surface area contributed by atoms with Gasteiger partial charge in [0, 0.05) is 30.8 Å². The third-order valence-electron chi connectivity index (χ3n) is 4.91. The van der Waals surface area contributed by atoms with Gasteiger partial charge < -0.3 is 19.5 Å². The SMILES string of the molecule is CCOc1ccc(C(O)=C2C(=O)C(=O)N(CCCOC)[C@@H]2c2ccc(Cl)cc2)cc1. The molecule has 0 unspecified atom stereocenters. The van der Waals surface area contributed by atoms with Crippen molar-refractivity contribution in [3.05, 3.63) is 70.3 Å². The summed E-state index contributed by atoms with van der Waals surface area (Å²) in [5.41, 5.74) is 1.19. The highest BCUT2D eigenvalue weighted by Crippen LogP contribution is 2.39. The molecular formula is C23H24ClNO5. The van der Waals surface area contributed by atoms with E-state index in [9.17, 15) is 14.7 Å². The molecule has 0 spiro atoms. The van der Waals surface area contributed by atoms with E-state index in [1.807, 2.05) is 6.92 Å². The Labute approximate surface area is 180 Å². The Morgan fingerprint density at radius 2 is 1.77 bits per heavy atom. The molecule has 1 atom stereocenters. The zero-order valence-electron chi connectivity index (χ0n) is 16.9. The molecule has 0 aromatic heterocycles. The van der Waals surface area contributed by atoms with Crippen LogP contribution in [0.3, 0.4) is 0 Å². The van der Waals surface area contributed by atoms with Gasteiger partial charge >= 0.3 is 0 Å². The lowest BCUT2D eigenvalue weighted by atomic mass is 9.95. The molecule has 0 bridgehead atoms. The smallest absolute Gasteiger partial charge is 0.295 e. The van der Waals surface area contributed by atoms with E-state index in [0.29, 0.717) is 48.1 Å². The van der Waals surface area contributed by atoms with Crippen molar-refractivity contribution in [2.75, 3.05) is 26.9 Å². The van der Waals surface area contributed by atoms with Crippen molar-refractivity contribution in [1.29, 1.82) is 0 Å². The number of rotatable bonds is 8. The number of ketones is 1. The number of Topliss-reactive ketones (excluding diaryl/α,β-unsaturated/α-hetero) is 1. The minimum absolute atomic E-state index is 0.0592. The summed E-state index contributed by atoms with van der Waals surface area (Å²) in [6.07, 6.45) is 0.566. The van der Waals surface area contributed by atoms with E-state index in [0.717, 1.165) is 0 Å². The molecule has 2 aromatic rings. The minimum atomic E-state index is -0.709. The van der Waals surface area contributed by atoms with Gasteiger partial charge in [-0.3, -0.25) is 9.59 Å². The Morgan fingerprint density at radius 1 is 1.10 bits per heavy atom. The standard InChI is InChI=1S/C23H24ClNO5/c1-3-30-18-11-7-16(8-12-18)21(26)19-20(15-5-9-17(24)10-6-15)25(13-4-14-29-2)23(28)22(19)27/h5-12,20,26H,3-4,13-14H2,1-2H3/t20-/m1/s1. The van der Waals surface area contributed by atoms with Gasteiger partial charge in [-0.25, -0.2) is 0 Å². The maximum atomic E-state index is 12.9. The molecule has 7 heteroatoms. The Balaban J connectivity index is 2.06. The molecule has 2 aromatic carbocycles. The van der Waals surface area contributed by atoms with Gasteiger partial charge in [0.2, 0.25) is 0 Å². The van der Waals surface area contributed by atoms with E-state index < -0.39 is 17.7 Å². The number of methoxy groups -OCH3 is 1. The van der Waals surface area contributed by atoms with E-state index in [-0.39, 0.29) is 11.3 Å². The number of benzene rings is 2. The molecule has 6 nitrogen and oxygen atoms in total. The van der Waals surface area contributed by atoms with E-state index >= 15 is 0 Å². The molecule has 1 heterocycles. The molecule has 1 fully saturated rings. The molecule has 1 aliphatic rings. The predicted molar refractivity (Wildman–Crippen MR) is 115 cm³/mol. The van der Waals surface area contributed by atoms with Gasteiger partial charge in [0.15, 0.2) is 0 Å². The first kappa shape index (κ1) is 21.9. The highest BCUT2D eigenvalue weighted by Gasteiger charge is 2.45. The first-order chi connectivity index (χ1) is 14.5. The van der Waals surface area contributed by atoms with Gasteiger partial charge in [0.05, 0.1) is 18.2 Å². The molecule has 0 radical (unpaired) electrons. The summed E-state index contributed by atoms with van der Waals surface area (Å²) in [5, 5.41) is 11.5. The van der Waals surface area contributed by atoms with E-state index in [1.54, 1.807) is 55.6 Å². The van der Waals surface area contributed by atoms with Gasteiger partial charge in [-0.05, 0) is 55.3 Å². The average molecular weight is 430 g/mol. The van der Waals surface area contributed by atoms with Crippen molar-refractivity contribution in [3.8, 4) is 5.75 Å². The maximum absolute atomic E-state index is 12.9. The topological polar surface area (TPSA) is 76.1 Å². The van der Waals surface area contributed by atoms with Crippen LogP contribution in [0.1, 0.15) is 30.5 Å². The second-order valence-electron chi connectivity index (χ2n) is 6.85. The third kappa shape index (κ3) is 4.50. The first-order valence-corrected chi connectivity index (χ1v) is 10.1. The Morgan fingerprint density at radius 3 is 2.37 bits per heavy atom. The predicted octanol–water partition coefficient (Wildman–Crippen LogP) is 4.20. The number of ether oxygens (including phenoxy) is 2. The molecule has 0 saturated carbocycles. The fourth-order valence-electron chi connectivity index (χ4n) is 3.51. The molecule has 1 aliphatic heterocycles. The van der Waals surface area contributed by atoms with Crippen LogP contribution in [0.25, 0.3) is 5.76 Å². The minimum Gasteiger partial charge on any atom is -0.507 e. The van der Waals surface area contributed by atoms with Crippen LogP contribution >= 0.6 is 11.6 Å². The van der Waals surface area contributed by atoms with Crippen molar-refractivity contribution >= 4 is 29.1 Å². The number of aliphatic hydroxyl groups excluding tert-OH is 1. The summed E-state index contributed by atoms with van der Waals surface area (Å²) < 4.78 is 10.5. The summed E-state index contributed by atoms with van der Waals surface area (Å²) in [6, 6.07) is 13.0. The van der Waals surface area contributed by atoms with Crippen LogP contribution in [0.2, 0.25) is 5.02 Å². The Bertz CT molecular complexity index is 937. The van der Waals surface area contributed by atoms with E-state index in [2.05, 4.69) is 0 Å².